The van der Waals surface area contributed by atoms with Crippen LogP contribution in [-0.2, 0) is 19.1 Å². The third-order valence-electron chi connectivity index (χ3n) is 5.63. The summed E-state index contributed by atoms with van der Waals surface area (Å²) in [5.74, 6) is -3.11. The molecule has 0 bridgehead atoms. The summed E-state index contributed by atoms with van der Waals surface area (Å²) in [6.45, 7) is 4.64. The number of allylic oxidation sites excluding steroid dienone is 1. The maximum absolute atomic E-state index is 13.3. The number of benzene rings is 1. The molecule has 1 fully saturated rings. The van der Waals surface area contributed by atoms with E-state index in [1.165, 1.54) is 25.1 Å². The minimum Gasteiger partial charge on any atom is -0.467 e. The average molecular weight is 445 g/mol. The number of hydrogen-bond acceptors (Lipinski definition) is 8. The summed E-state index contributed by atoms with van der Waals surface area (Å²) in [7, 11) is 0. The molecule has 0 unspecified atom stereocenters. The quantitative estimate of drug-likeness (QED) is 0.256. The largest absolute Gasteiger partial charge is 0.467 e. The monoisotopic (exact) mass is 445 g/mol. The molecule has 3 rings (SSSR count). The molecule has 9 nitrogen and oxygen atoms in total. The number of nitrogens with one attached hydrogen (secondary N) is 1. The number of rotatable bonds is 8. The fraction of sp³-hybridized carbons (Fsp3) is 0.435. The highest BCUT2D eigenvalue weighted by Gasteiger charge is 2.74. The van der Waals surface area contributed by atoms with Crippen LogP contribution < -0.4 is 5.32 Å². The molecule has 1 aromatic rings. The molecule has 1 aromatic carbocycles. The van der Waals surface area contributed by atoms with Gasteiger partial charge in [-0.25, -0.2) is 0 Å². The Balaban J connectivity index is 2.02. The molecule has 0 aromatic heterocycles. The summed E-state index contributed by atoms with van der Waals surface area (Å²) < 4.78 is 11.2. The van der Waals surface area contributed by atoms with Crippen molar-refractivity contribution in [3.05, 3.63) is 59.4 Å². The molecule has 1 saturated heterocycles. The Morgan fingerprint density at radius 2 is 1.91 bits per heavy atom. The highest BCUT2D eigenvalue weighted by Crippen LogP contribution is 2.44. The van der Waals surface area contributed by atoms with E-state index in [1.807, 2.05) is 6.92 Å². The maximum Gasteiger partial charge on any atom is 0.278 e. The first-order valence-corrected chi connectivity index (χ1v) is 10.4. The second kappa shape index (κ2) is 8.95. The molecule has 0 saturated carbocycles. The Bertz CT molecular complexity index is 971. The number of Topliss-reactive ketones (excluding diaryl/α,β-unsaturated/α-hetero) is 2. The first kappa shape index (κ1) is 23.8. The van der Waals surface area contributed by atoms with Gasteiger partial charge in [-0.2, -0.15) is 0 Å². The van der Waals surface area contributed by atoms with Gasteiger partial charge in [-0.3, -0.25) is 14.4 Å². The predicted octanol–water partition coefficient (Wildman–Crippen LogP) is 0.393. The van der Waals surface area contributed by atoms with Gasteiger partial charge in [-0.1, -0.05) is 49.4 Å². The van der Waals surface area contributed by atoms with E-state index in [0.717, 1.165) is 0 Å². The van der Waals surface area contributed by atoms with E-state index in [0.29, 0.717) is 6.42 Å². The first-order valence-electron chi connectivity index (χ1n) is 10.4. The highest BCUT2D eigenvalue weighted by atomic mass is 16.6. The summed E-state index contributed by atoms with van der Waals surface area (Å²) in [5.41, 5.74) is -4.80. The zero-order chi connectivity index (χ0) is 23.7. The maximum atomic E-state index is 13.3. The molecule has 172 valence electrons. The second-order valence-electron chi connectivity index (χ2n) is 7.65. The topological polar surface area (TPSA) is 142 Å². The summed E-state index contributed by atoms with van der Waals surface area (Å²) in [4.78, 5) is 39.5. The van der Waals surface area contributed by atoms with Crippen molar-refractivity contribution in [2.24, 2.45) is 0 Å². The zero-order valence-electron chi connectivity index (χ0n) is 18.1. The fourth-order valence-corrected chi connectivity index (χ4v) is 3.97. The Morgan fingerprint density at radius 3 is 2.50 bits per heavy atom. The van der Waals surface area contributed by atoms with Gasteiger partial charge >= 0.3 is 0 Å². The van der Waals surface area contributed by atoms with E-state index in [-0.39, 0.29) is 23.5 Å². The molecule has 9 heteroatoms. The highest BCUT2D eigenvalue weighted by molar-refractivity contribution is 6.23. The van der Waals surface area contributed by atoms with Crippen LogP contribution in [0.25, 0.3) is 0 Å². The normalized spacial score (nSPS) is 29.5. The number of amides is 1. The van der Waals surface area contributed by atoms with Crippen LogP contribution >= 0.6 is 0 Å². The number of carbonyl (C=O) groups excluding carboxylic acids is 3. The van der Waals surface area contributed by atoms with Crippen molar-refractivity contribution in [3.8, 4) is 0 Å². The molecule has 0 aliphatic carbocycles. The van der Waals surface area contributed by atoms with Crippen LogP contribution in [0.1, 0.15) is 37.6 Å². The van der Waals surface area contributed by atoms with E-state index < -0.39 is 47.1 Å². The lowest BCUT2D eigenvalue weighted by molar-refractivity contribution is -0.165. The number of aliphatic hydroxyl groups is 3. The lowest BCUT2D eigenvalue weighted by atomic mass is 9.85. The van der Waals surface area contributed by atoms with Crippen LogP contribution in [0.3, 0.4) is 0 Å². The Kier molecular flexibility index (Phi) is 6.66. The zero-order valence-corrected chi connectivity index (χ0v) is 18.1. The van der Waals surface area contributed by atoms with E-state index in [9.17, 15) is 29.7 Å². The SMILES string of the molecule is CC/C=C\[C@H](O)[C@H](O)C1=C(C)C(=O)[C@]2(O1)C(=O)N[C@@](OCC)(C(=O)c1ccccc1)[C@@H]2O. The lowest BCUT2D eigenvalue weighted by Gasteiger charge is -2.33. The Labute approximate surface area is 185 Å². The first-order chi connectivity index (χ1) is 15.2. The van der Waals surface area contributed by atoms with Crippen molar-refractivity contribution in [2.75, 3.05) is 6.61 Å². The van der Waals surface area contributed by atoms with Gasteiger partial charge in [0.25, 0.3) is 11.5 Å². The number of hydrogen-bond donors (Lipinski definition) is 4. The van der Waals surface area contributed by atoms with Gasteiger partial charge in [0.1, 0.15) is 18.0 Å². The summed E-state index contributed by atoms with van der Waals surface area (Å²) in [6, 6.07) is 7.87. The van der Waals surface area contributed by atoms with Crippen molar-refractivity contribution < 1.29 is 39.2 Å². The molecule has 1 spiro atoms. The van der Waals surface area contributed by atoms with Crippen LogP contribution in [0.2, 0.25) is 0 Å². The molecule has 4 N–H and O–H groups in total. The van der Waals surface area contributed by atoms with Crippen LogP contribution in [0.4, 0.5) is 0 Å². The number of ketones is 2. The smallest absolute Gasteiger partial charge is 0.278 e. The Morgan fingerprint density at radius 1 is 1.25 bits per heavy atom. The van der Waals surface area contributed by atoms with Crippen LogP contribution in [0.5, 0.6) is 0 Å². The van der Waals surface area contributed by atoms with E-state index in [4.69, 9.17) is 9.47 Å². The molecular formula is C23H27NO8. The average Bonchev–Trinajstić information content (AvgIpc) is 3.19. The van der Waals surface area contributed by atoms with Crippen LogP contribution in [-0.4, -0.2) is 69.0 Å². The molecule has 0 radical (unpaired) electrons. The third-order valence-corrected chi connectivity index (χ3v) is 5.63. The molecule has 1 amide bonds. The minimum absolute atomic E-state index is 0.0669. The van der Waals surface area contributed by atoms with Crippen molar-refractivity contribution in [1.29, 1.82) is 0 Å². The molecule has 2 heterocycles. The van der Waals surface area contributed by atoms with Crippen molar-refractivity contribution in [2.45, 2.75) is 56.8 Å². The summed E-state index contributed by atoms with van der Waals surface area (Å²) in [6.07, 6.45) is -1.58. The number of ether oxygens (including phenoxy) is 2. The summed E-state index contributed by atoms with van der Waals surface area (Å²) in [5, 5.41) is 34.3. The second-order valence-corrected chi connectivity index (χ2v) is 7.65. The number of carbonyl (C=O) groups is 3. The third kappa shape index (κ3) is 3.47. The Hall–Kier alpha value is -2.85. The van der Waals surface area contributed by atoms with Gasteiger partial charge in [-0.15, -0.1) is 0 Å². The van der Waals surface area contributed by atoms with Gasteiger partial charge < -0.3 is 30.1 Å². The predicted molar refractivity (Wildman–Crippen MR) is 112 cm³/mol. The van der Waals surface area contributed by atoms with E-state index in [2.05, 4.69) is 5.32 Å². The van der Waals surface area contributed by atoms with Gasteiger partial charge in [0.15, 0.2) is 6.10 Å². The number of aliphatic hydroxyl groups excluding tert-OH is 3. The fourth-order valence-electron chi connectivity index (χ4n) is 3.97. The van der Waals surface area contributed by atoms with Gasteiger partial charge in [-0.05, 0) is 20.3 Å². The standard InChI is InChI=1S/C23H27NO8/c1-4-6-12-15(25)16(26)17-13(3)18(27)22(32-17)20(29)23(31-5-2,24-21(22)30)19(28)14-10-8-7-9-11-14/h6-12,15-16,20,25-26,29H,4-5H2,1-3H3,(H,24,30)/b12-6-/t15-,16-,20+,22+,23+/m0/s1. The van der Waals surface area contributed by atoms with Crippen molar-refractivity contribution in [1.82, 2.24) is 5.32 Å². The molecule has 5 atom stereocenters. The molecule has 2 aliphatic heterocycles. The lowest BCUT2D eigenvalue weighted by Crippen LogP contribution is -2.61. The van der Waals surface area contributed by atoms with Crippen molar-refractivity contribution in [3.63, 3.8) is 0 Å². The summed E-state index contributed by atoms with van der Waals surface area (Å²) >= 11 is 0. The molecule has 2 aliphatic rings. The van der Waals surface area contributed by atoms with Crippen LogP contribution in [0.15, 0.2) is 53.8 Å². The van der Waals surface area contributed by atoms with E-state index in [1.54, 1.807) is 31.2 Å². The molecular weight excluding hydrogens is 418 g/mol. The van der Waals surface area contributed by atoms with Gasteiger partial charge in [0.05, 0.1) is 0 Å². The van der Waals surface area contributed by atoms with Crippen LogP contribution in [0, 0.1) is 0 Å². The van der Waals surface area contributed by atoms with Crippen molar-refractivity contribution >= 4 is 17.5 Å². The van der Waals surface area contributed by atoms with Gasteiger partial charge in [0, 0.05) is 17.7 Å². The minimum atomic E-state index is -2.53. The van der Waals surface area contributed by atoms with E-state index >= 15 is 0 Å². The molecule has 32 heavy (non-hydrogen) atoms. The van der Waals surface area contributed by atoms with Gasteiger partial charge in [0.2, 0.25) is 17.3 Å².